The molecular formula is C12H9N3S. The normalized spacial score (nSPS) is 10.8. The van der Waals surface area contributed by atoms with Crippen molar-refractivity contribution in [2.75, 3.05) is 0 Å². The minimum absolute atomic E-state index is 0.475. The Labute approximate surface area is 97.1 Å². The zero-order chi connectivity index (χ0) is 11.0. The van der Waals surface area contributed by atoms with E-state index in [1.165, 1.54) is 10.8 Å². The molecule has 0 atom stereocenters. The lowest BCUT2D eigenvalue weighted by atomic mass is 10.1. The maximum Gasteiger partial charge on any atom is 0.213 e. The fourth-order valence-electron chi connectivity index (χ4n) is 1.74. The van der Waals surface area contributed by atoms with Gasteiger partial charge in [-0.1, -0.05) is 36.4 Å². The number of nitrogens with zero attached hydrogens (tertiary/aromatic N) is 1. The molecule has 1 aromatic heterocycles. The van der Waals surface area contributed by atoms with Crippen LogP contribution in [0.3, 0.4) is 0 Å². The number of hydrogen-bond acceptors (Lipinski definition) is 2. The summed E-state index contributed by atoms with van der Waals surface area (Å²) < 4.78 is 0.475. The average molecular weight is 227 g/mol. The van der Waals surface area contributed by atoms with Gasteiger partial charge in [0.1, 0.15) is 0 Å². The van der Waals surface area contributed by atoms with Crippen molar-refractivity contribution in [3.05, 3.63) is 47.2 Å². The van der Waals surface area contributed by atoms with Crippen molar-refractivity contribution in [2.24, 2.45) is 0 Å². The molecule has 1 heterocycles. The molecule has 2 aromatic carbocycles. The SMILES string of the molecule is S=c1nc(-c2ccc3ccccc3c2)[nH][nH]1. The molecule has 0 unspecified atom stereocenters. The molecular weight excluding hydrogens is 218 g/mol. The zero-order valence-electron chi connectivity index (χ0n) is 8.40. The smallest absolute Gasteiger partial charge is 0.213 e. The van der Waals surface area contributed by atoms with E-state index in [4.69, 9.17) is 12.2 Å². The molecule has 0 fully saturated rings. The van der Waals surface area contributed by atoms with Crippen LogP contribution in [0.15, 0.2) is 42.5 Å². The fraction of sp³-hybridized carbons (Fsp3) is 0. The van der Waals surface area contributed by atoms with E-state index in [0.717, 1.165) is 11.4 Å². The maximum atomic E-state index is 4.93. The van der Waals surface area contributed by atoms with Gasteiger partial charge < -0.3 is 0 Å². The number of H-pyrrole nitrogens is 2. The maximum absolute atomic E-state index is 4.93. The monoisotopic (exact) mass is 227 g/mol. The first-order valence-electron chi connectivity index (χ1n) is 4.97. The van der Waals surface area contributed by atoms with Crippen molar-refractivity contribution in [3.63, 3.8) is 0 Å². The van der Waals surface area contributed by atoms with Gasteiger partial charge in [-0.25, -0.2) is 0 Å². The van der Waals surface area contributed by atoms with Gasteiger partial charge in [0.25, 0.3) is 0 Å². The van der Waals surface area contributed by atoms with Gasteiger partial charge in [0.2, 0.25) is 4.77 Å². The van der Waals surface area contributed by atoms with E-state index in [-0.39, 0.29) is 0 Å². The number of aromatic nitrogens is 3. The van der Waals surface area contributed by atoms with Gasteiger partial charge in [-0.15, -0.1) is 0 Å². The summed E-state index contributed by atoms with van der Waals surface area (Å²) in [6.07, 6.45) is 0. The number of rotatable bonds is 1. The number of benzene rings is 2. The van der Waals surface area contributed by atoms with Crippen LogP contribution < -0.4 is 0 Å². The highest BCUT2D eigenvalue weighted by atomic mass is 32.1. The molecule has 0 saturated carbocycles. The van der Waals surface area contributed by atoms with Crippen LogP contribution in [0, 0.1) is 4.77 Å². The lowest BCUT2D eigenvalue weighted by molar-refractivity contribution is 1.08. The highest BCUT2D eigenvalue weighted by Crippen LogP contribution is 2.21. The van der Waals surface area contributed by atoms with Crippen LogP contribution in [0.1, 0.15) is 0 Å². The summed E-state index contributed by atoms with van der Waals surface area (Å²) in [5.41, 5.74) is 1.03. The third-order valence-electron chi connectivity index (χ3n) is 2.52. The van der Waals surface area contributed by atoms with E-state index in [9.17, 15) is 0 Å². The van der Waals surface area contributed by atoms with Crippen LogP contribution in [-0.2, 0) is 0 Å². The Balaban J connectivity index is 2.22. The van der Waals surface area contributed by atoms with Crippen LogP contribution in [0.2, 0.25) is 0 Å². The summed E-state index contributed by atoms with van der Waals surface area (Å²) >= 11 is 4.93. The van der Waals surface area contributed by atoms with Crippen molar-refractivity contribution >= 4 is 23.0 Å². The molecule has 0 aliphatic carbocycles. The highest BCUT2D eigenvalue weighted by molar-refractivity contribution is 7.71. The van der Waals surface area contributed by atoms with Gasteiger partial charge in [0, 0.05) is 5.56 Å². The quantitative estimate of drug-likeness (QED) is 0.626. The van der Waals surface area contributed by atoms with E-state index in [1.807, 2.05) is 18.2 Å². The number of fused-ring (bicyclic) bond motifs is 1. The first kappa shape index (κ1) is 9.30. The van der Waals surface area contributed by atoms with Crippen LogP contribution >= 0.6 is 12.2 Å². The van der Waals surface area contributed by atoms with Gasteiger partial charge >= 0.3 is 0 Å². The van der Waals surface area contributed by atoms with Crippen molar-refractivity contribution in [1.29, 1.82) is 0 Å². The summed E-state index contributed by atoms with van der Waals surface area (Å²) in [5.74, 6) is 0.774. The number of hydrogen-bond donors (Lipinski definition) is 2. The van der Waals surface area contributed by atoms with Crippen LogP contribution in [0.5, 0.6) is 0 Å². The molecule has 3 aromatic rings. The average Bonchev–Trinajstić information content (AvgIpc) is 2.75. The van der Waals surface area contributed by atoms with Crippen molar-refractivity contribution in [3.8, 4) is 11.4 Å². The summed E-state index contributed by atoms with van der Waals surface area (Å²) in [4.78, 5) is 4.19. The molecule has 0 spiro atoms. The number of nitrogens with one attached hydrogen (secondary N) is 2. The molecule has 2 N–H and O–H groups in total. The second-order valence-electron chi connectivity index (χ2n) is 3.58. The van der Waals surface area contributed by atoms with Crippen molar-refractivity contribution in [2.45, 2.75) is 0 Å². The Morgan fingerprint density at radius 1 is 0.938 bits per heavy atom. The predicted octanol–water partition coefficient (Wildman–Crippen LogP) is 3.29. The Morgan fingerprint density at radius 2 is 1.75 bits per heavy atom. The summed E-state index contributed by atoms with van der Waals surface area (Å²) in [5, 5.41) is 8.16. The van der Waals surface area contributed by atoms with Gasteiger partial charge in [0.05, 0.1) is 0 Å². The largest absolute Gasteiger partial charge is 0.282 e. The predicted molar refractivity (Wildman–Crippen MR) is 66.7 cm³/mol. The molecule has 0 aliphatic rings. The van der Waals surface area contributed by atoms with Crippen molar-refractivity contribution in [1.82, 2.24) is 15.2 Å². The van der Waals surface area contributed by atoms with Gasteiger partial charge in [-0.05, 0) is 29.1 Å². The fourth-order valence-corrected chi connectivity index (χ4v) is 1.89. The van der Waals surface area contributed by atoms with E-state index < -0.39 is 0 Å². The van der Waals surface area contributed by atoms with E-state index in [2.05, 4.69) is 39.4 Å². The molecule has 3 nitrogen and oxygen atoms in total. The van der Waals surface area contributed by atoms with Gasteiger partial charge in [-0.2, -0.15) is 4.98 Å². The molecule has 0 aliphatic heterocycles. The van der Waals surface area contributed by atoms with E-state index in [0.29, 0.717) is 4.77 Å². The van der Waals surface area contributed by atoms with Gasteiger partial charge in [0.15, 0.2) is 5.82 Å². The van der Waals surface area contributed by atoms with E-state index >= 15 is 0 Å². The Morgan fingerprint density at radius 3 is 2.50 bits per heavy atom. The minimum atomic E-state index is 0.475. The molecule has 0 radical (unpaired) electrons. The van der Waals surface area contributed by atoms with Crippen LogP contribution in [-0.4, -0.2) is 15.2 Å². The van der Waals surface area contributed by atoms with Crippen LogP contribution in [0.4, 0.5) is 0 Å². The molecule has 0 bridgehead atoms. The molecule has 78 valence electrons. The standard InChI is InChI=1S/C12H9N3S/c16-12-13-11(14-15-12)10-6-5-8-3-1-2-4-9(8)7-10/h1-7H,(H2,13,14,15,16). The molecule has 0 saturated heterocycles. The molecule has 0 amide bonds. The second kappa shape index (κ2) is 3.57. The highest BCUT2D eigenvalue weighted by Gasteiger charge is 2.01. The summed E-state index contributed by atoms with van der Waals surface area (Å²) in [6, 6.07) is 14.4. The van der Waals surface area contributed by atoms with Gasteiger partial charge in [-0.3, -0.25) is 10.2 Å². The second-order valence-corrected chi connectivity index (χ2v) is 3.96. The first-order chi connectivity index (χ1) is 7.83. The molecule has 4 heteroatoms. The summed E-state index contributed by atoms with van der Waals surface area (Å²) in [7, 11) is 0. The number of aromatic amines is 2. The first-order valence-corrected chi connectivity index (χ1v) is 5.37. The van der Waals surface area contributed by atoms with Crippen molar-refractivity contribution < 1.29 is 0 Å². The Kier molecular flexibility index (Phi) is 2.08. The summed E-state index contributed by atoms with van der Waals surface area (Å²) in [6.45, 7) is 0. The zero-order valence-corrected chi connectivity index (χ0v) is 9.21. The minimum Gasteiger partial charge on any atom is -0.282 e. The van der Waals surface area contributed by atoms with Crippen LogP contribution in [0.25, 0.3) is 22.2 Å². The molecule has 16 heavy (non-hydrogen) atoms. The third kappa shape index (κ3) is 1.53. The lowest BCUT2D eigenvalue weighted by Crippen LogP contribution is -1.81. The lowest BCUT2D eigenvalue weighted by Gasteiger charge is -2.00. The Bertz CT molecular complexity index is 696. The Hall–Kier alpha value is -1.94. The molecule has 3 rings (SSSR count). The third-order valence-corrected chi connectivity index (χ3v) is 2.72. The van der Waals surface area contributed by atoms with E-state index in [1.54, 1.807) is 0 Å². The topological polar surface area (TPSA) is 44.5 Å².